The van der Waals surface area contributed by atoms with Crippen LogP contribution in [-0.2, 0) is 4.74 Å². The summed E-state index contributed by atoms with van der Waals surface area (Å²) in [6.45, 7) is 2.12. The van der Waals surface area contributed by atoms with Crippen LogP contribution in [0.4, 0.5) is 0 Å². The van der Waals surface area contributed by atoms with E-state index in [2.05, 4.69) is 48.2 Å². The molecule has 0 spiro atoms. The molecule has 2 aromatic carbocycles. The van der Waals surface area contributed by atoms with Crippen molar-refractivity contribution in [3.05, 3.63) is 47.5 Å². The number of ether oxygens (including phenoxy) is 1. The van der Waals surface area contributed by atoms with E-state index in [-0.39, 0.29) is 6.23 Å². The summed E-state index contributed by atoms with van der Waals surface area (Å²) in [6.07, 6.45) is 0.0145. The van der Waals surface area contributed by atoms with Gasteiger partial charge >= 0.3 is 0 Å². The van der Waals surface area contributed by atoms with Crippen molar-refractivity contribution in [3.8, 4) is 0 Å². The van der Waals surface area contributed by atoms with Crippen molar-refractivity contribution in [1.29, 1.82) is 0 Å². The van der Waals surface area contributed by atoms with Crippen LogP contribution in [0.1, 0.15) is 17.4 Å². The van der Waals surface area contributed by atoms with E-state index in [1.807, 2.05) is 14.1 Å². The van der Waals surface area contributed by atoms with Crippen LogP contribution in [0.25, 0.3) is 10.8 Å². The zero-order valence-electron chi connectivity index (χ0n) is 10.9. The molecule has 0 radical (unpaired) electrons. The average Bonchev–Trinajstić information content (AvgIpc) is 2.29. The van der Waals surface area contributed by atoms with Crippen molar-refractivity contribution in [3.63, 3.8) is 0 Å². The smallest absolute Gasteiger partial charge is 0.135 e. The zero-order chi connectivity index (χ0) is 12.4. The van der Waals surface area contributed by atoms with E-state index in [0.717, 1.165) is 0 Å². The summed E-state index contributed by atoms with van der Waals surface area (Å²) in [5, 5.41) is 2.54. The number of methoxy groups -OCH3 is 1. The molecular weight excluding hydrogens is 210 g/mol. The zero-order valence-corrected chi connectivity index (χ0v) is 10.9. The van der Waals surface area contributed by atoms with Crippen molar-refractivity contribution < 1.29 is 4.74 Å². The Hall–Kier alpha value is -1.38. The van der Waals surface area contributed by atoms with Crippen molar-refractivity contribution in [2.24, 2.45) is 0 Å². The van der Waals surface area contributed by atoms with Gasteiger partial charge in [0, 0.05) is 7.11 Å². The highest BCUT2D eigenvalue weighted by Crippen LogP contribution is 2.24. The van der Waals surface area contributed by atoms with E-state index in [1.165, 1.54) is 21.9 Å². The number of hydrogen-bond donors (Lipinski definition) is 0. The van der Waals surface area contributed by atoms with Gasteiger partial charge in [0.15, 0.2) is 0 Å². The molecular formula is C15H19NO. The fourth-order valence-corrected chi connectivity index (χ4v) is 2.18. The first-order valence-corrected chi connectivity index (χ1v) is 5.81. The van der Waals surface area contributed by atoms with Crippen molar-refractivity contribution in [1.82, 2.24) is 4.90 Å². The van der Waals surface area contributed by atoms with E-state index in [4.69, 9.17) is 4.74 Å². The molecule has 0 aliphatic rings. The lowest BCUT2D eigenvalue weighted by atomic mass is 10.0. The van der Waals surface area contributed by atoms with Crippen LogP contribution in [0.3, 0.4) is 0 Å². The molecule has 0 amide bonds. The standard InChI is InChI=1S/C15H19NO/c1-11-5-6-13-10-14(8-7-12(13)9-11)15(17-4)16(2)3/h5-10,15H,1-4H3. The van der Waals surface area contributed by atoms with Crippen LogP contribution in [0.5, 0.6) is 0 Å². The Balaban J connectivity index is 2.47. The summed E-state index contributed by atoms with van der Waals surface area (Å²) in [4.78, 5) is 2.06. The molecule has 0 heterocycles. The number of hydrogen-bond acceptors (Lipinski definition) is 2. The number of benzene rings is 2. The van der Waals surface area contributed by atoms with Gasteiger partial charge in [-0.3, -0.25) is 4.90 Å². The minimum absolute atomic E-state index is 0.0145. The molecule has 0 fully saturated rings. The van der Waals surface area contributed by atoms with Crippen LogP contribution in [0.2, 0.25) is 0 Å². The Kier molecular flexibility index (Phi) is 3.46. The Bertz CT molecular complexity index is 519. The van der Waals surface area contributed by atoms with Gasteiger partial charge in [0.2, 0.25) is 0 Å². The molecule has 17 heavy (non-hydrogen) atoms. The average molecular weight is 229 g/mol. The van der Waals surface area contributed by atoms with Gasteiger partial charge in [0.1, 0.15) is 6.23 Å². The van der Waals surface area contributed by atoms with Crippen LogP contribution >= 0.6 is 0 Å². The molecule has 0 aromatic heterocycles. The molecule has 2 aromatic rings. The normalized spacial score (nSPS) is 13.2. The van der Waals surface area contributed by atoms with Crippen LogP contribution < -0.4 is 0 Å². The van der Waals surface area contributed by atoms with Crippen LogP contribution in [-0.4, -0.2) is 26.1 Å². The molecule has 90 valence electrons. The highest BCUT2D eigenvalue weighted by atomic mass is 16.5. The minimum Gasteiger partial charge on any atom is -0.362 e. The Morgan fingerprint density at radius 2 is 1.65 bits per heavy atom. The van der Waals surface area contributed by atoms with Crippen molar-refractivity contribution in [2.45, 2.75) is 13.2 Å². The summed E-state index contributed by atoms with van der Waals surface area (Å²) >= 11 is 0. The maximum atomic E-state index is 5.50. The molecule has 0 aliphatic carbocycles. The maximum absolute atomic E-state index is 5.50. The van der Waals surface area contributed by atoms with E-state index in [0.29, 0.717) is 0 Å². The monoisotopic (exact) mass is 229 g/mol. The Morgan fingerprint density at radius 1 is 1.00 bits per heavy atom. The topological polar surface area (TPSA) is 12.5 Å². The quantitative estimate of drug-likeness (QED) is 0.748. The summed E-state index contributed by atoms with van der Waals surface area (Å²) in [5.41, 5.74) is 2.48. The number of nitrogens with zero attached hydrogens (tertiary/aromatic N) is 1. The first-order chi connectivity index (χ1) is 8.11. The molecule has 0 saturated heterocycles. The molecule has 1 atom stereocenters. The third-order valence-corrected chi connectivity index (χ3v) is 3.00. The second kappa shape index (κ2) is 4.86. The maximum Gasteiger partial charge on any atom is 0.135 e. The summed E-state index contributed by atoms with van der Waals surface area (Å²) in [7, 11) is 5.78. The van der Waals surface area contributed by atoms with E-state index in [9.17, 15) is 0 Å². The van der Waals surface area contributed by atoms with Gasteiger partial charge in [-0.2, -0.15) is 0 Å². The lowest BCUT2D eigenvalue weighted by molar-refractivity contribution is -0.00530. The third-order valence-electron chi connectivity index (χ3n) is 3.00. The van der Waals surface area contributed by atoms with Gasteiger partial charge in [-0.1, -0.05) is 35.9 Å². The molecule has 2 rings (SSSR count). The second-order valence-corrected chi connectivity index (χ2v) is 4.66. The molecule has 0 aliphatic heterocycles. The Labute approximate surface area is 103 Å². The van der Waals surface area contributed by atoms with Gasteiger partial charge in [-0.25, -0.2) is 0 Å². The summed E-state index contributed by atoms with van der Waals surface area (Å²) in [6, 6.07) is 13.0. The largest absolute Gasteiger partial charge is 0.362 e. The lowest BCUT2D eigenvalue weighted by Gasteiger charge is -2.23. The number of aryl methyl sites for hydroxylation is 1. The molecule has 0 bridgehead atoms. The predicted octanol–water partition coefficient (Wildman–Crippen LogP) is 3.35. The van der Waals surface area contributed by atoms with Crippen LogP contribution in [0.15, 0.2) is 36.4 Å². The van der Waals surface area contributed by atoms with Gasteiger partial charge in [-0.05, 0) is 43.4 Å². The highest BCUT2D eigenvalue weighted by Gasteiger charge is 2.12. The highest BCUT2D eigenvalue weighted by molar-refractivity contribution is 5.83. The van der Waals surface area contributed by atoms with Crippen molar-refractivity contribution in [2.75, 3.05) is 21.2 Å². The second-order valence-electron chi connectivity index (χ2n) is 4.66. The Morgan fingerprint density at radius 3 is 2.29 bits per heavy atom. The van der Waals surface area contributed by atoms with Crippen molar-refractivity contribution >= 4 is 10.8 Å². The van der Waals surface area contributed by atoms with Gasteiger partial charge in [0.05, 0.1) is 0 Å². The van der Waals surface area contributed by atoms with E-state index < -0.39 is 0 Å². The molecule has 1 unspecified atom stereocenters. The van der Waals surface area contributed by atoms with E-state index in [1.54, 1.807) is 7.11 Å². The SMILES string of the molecule is COC(c1ccc2cc(C)ccc2c1)N(C)C. The predicted molar refractivity (Wildman–Crippen MR) is 72.1 cm³/mol. The third kappa shape index (κ3) is 2.48. The number of rotatable bonds is 3. The number of fused-ring (bicyclic) bond motifs is 1. The fraction of sp³-hybridized carbons (Fsp3) is 0.333. The van der Waals surface area contributed by atoms with Crippen LogP contribution in [0, 0.1) is 6.92 Å². The molecule has 0 saturated carbocycles. The molecule has 2 nitrogen and oxygen atoms in total. The lowest BCUT2D eigenvalue weighted by Crippen LogP contribution is -2.21. The first-order valence-electron chi connectivity index (χ1n) is 5.81. The van der Waals surface area contributed by atoms with E-state index >= 15 is 0 Å². The van der Waals surface area contributed by atoms with Gasteiger partial charge < -0.3 is 4.74 Å². The minimum atomic E-state index is 0.0145. The first kappa shape index (κ1) is 12.1. The van der Waals surface area contributed by atoms with Gasteiger partial charge in [-0.15, -0.1) is 0 Å². The van der Waals surface area contributed by atoms with Gasteiger partial charge in [0.25, 0.3) is 0 Å². The fourth-order valence-electron chi connectivity index (χ4n) is 2.18. The summed E-state index contributed by atoms with van der Waals surface area (Å²) in [5.74, 6) is 0. The molecule has 0 N–H and O–H groups in total. The summed E-state index contributed by atoms with van der Waals surface area (Å²) < 4.78 is 5.50. The molecule has 2 heteroatoms.